The minimum Gasteiger partial charge on any atom is -0.478 e. The normalized spacial score (nSPS) is 9.57. The first-order valence-electron chi connectivity index (χ1n) is 4.28. The van der Waals surface area contributed by atoms with E-state index >= 15 is 0 Å². The summed E-state index contributed by atoms with van der Waals surface area (Å²) in [5.41, 5.74) is 2.51. The van der Waals surface area contributed by atoms with Crippen LogP contribution in [0.2, 0.25) is 0 Å². The van der Waals surface area contributed by atoms with Crippen LogP contribution in [0.1, 0.15) is 22.8 Å². The summed E-state index contributed by atoms with van der Waals surface area (Å²) in [4.78, 5) is 10.9. The maximum absolute atomic E-state index is 10.9. The SMILES string of the molecule is C=C(C)Nc1c(C)cccc1C(=O)O. The molecule has 0 amide bonds. The summed E-state index contributed by atoms with van der Waals surface area (Å²) in [5.74, 6) is -0.933. The molecule has 3 heteroatoms. The van der Waals surface area contributed by atoms with E-state index in [2.05, 4.69) is 11.9 Å². The number of hydrogen-bond acceptors (Lipinski definition) is 2. The molecule has 0 spiro atoms. The molecular weight excluding hydrogens is 178 g/mol. The number of anilines is 1. The van der Waals surface area contributed by atoms with Gasteiger partial charge in [-0.05, 0) is 25.5 Å². The number of hydrogen-bond donors (Lipinski definition) is 2. The van der Waals surface area contributed by atoms with E-state index in [9.17, 15) is 4.79 Å². The van der Waals surface area contributed by atoms with Gasteiger partial charge in [0.25, 0.3) is 0 Å². The fraction of sp³-hybridized carbons (Fsp3) is 0.182. The van der Waals surface area contributed by atoms with Gasteiger partial charge in [0.15, 0.2) is 0 Å². The van der Waals surface area contributed by atoms with E-state index in [-0.39, 0.29) is 5.56 Å². The molecule has 0 atom stereocenters. The van der Waals surface area contributed by atoms with Crippen molar-refractivity contribution in [1.82, 2.24) is 0 Å². The lowest BCUT2D eigenvalue weighted by molar-refractivity contribution is 0.0698. The average Bonchev–Trinajstić information content (AvgIpc) is 2.07. The number of carboxylic acid groups (broad SMARTS) is 1. The smallest absolute Gasteiger partial charge is 0.337 e. The van der Waals surface area contributed by atoms with Crippen molar-refractivity contribution in [3.63, 3.8) is 0 Å². The highest BCUT2D eigenvalue weighted by atomic mass is 16.4. The fourth-order valence-electron chi connectivity index (χ4n) is 1.23. The van der Waals surface area contributed by atoms with Crippen LogP contribution in [0.4, 0.5) is 5.69 Å². The van der Waals surface area contributed by atoms with Crippen LogP contribution in [-0.2, 0) is 0 Å². The third kappa shape index (κ3) is 2.13. The highest BCUT2D eigenvalue weighted by Crippen LogP contribution is 2.21. The minimum atomic E-state index is -0.933. The lowest BCUT2D eigenvalue weighted by atomic mass is 10.1. The summed E-state index contributed by atoms with van der Waals surface area (Å²) in [6.45, 7) is 7.34. The van der Waals surface area contributed by atoms with Crippen molar-refractivity contribution in [2.45, 2.75) is 13.8 Å². The monoisotopic (exact) mass is 191 g/mol. The highest BCUT2D eigenvalue weighted by Gasteiger charge is 2.10. The molecule has 0 saturated heterocycles. The minimum absolute atomic E-state index is 0.271. The predicted octanol–water partition coefficient (Wildman–Crippen LogP) is 2.64. The molecule has 0 unspecified atom stereocenters. The van der Waals surface area contributed by atoms with E-state index in [1.54, 1.807) is 19.1 Å². The van der Waals surface area contributed by atoms with Gasteiger partial charge in [-0.3, -0.25) is 0 Å². The van der Waals surface area contributed by atoms with Gasteiger partial charge in [-0.15, -0.1) is 0 Å². The Bertz CT molecular complexity index is 383. The van der Waals surface area contributed by atoms with Gasteiger partial charge in [0.05, 0.1) is 11.3 Å². The van der Waals surface area contributed by atoms with Crippen LogP contribution in [0, 0.1) is 6.92 Å². The Morgan fingerprint density at radius 3 is 2.64 bits per heavy atom. The molecule has 0 aliphatic rings. The van der Waals surface area contributed by atoms with Crippen LogP contribution in [-0.4, -0.2) is 11.1 Å². The van der Waals surface area contributed by atoms with Crippen LogP contribution < -0.4 is 5.32 Å². The topological polar surface area (TPSA) is 49.3 Å². The van der Waals surface area contributed by atoms with Crippen molar-refractivity contribution < 1.29 is 9.90 Å². The second-order valence-corrected chi connectivity index (χ2v) is 3.21. The third-order valence-corrected chi connectivity index (χ3v) is 1.84. The molecular formula is C11H13NO2. The molecule has 3 nitrogen and oxygen atoms in total. The van der Waals surface area contributed by atoms with Gasteiger partial charge < -0.3 is 10.4 Å². The second kappa shape index (κ2) is 3.96. The van der Waals surface area contributed by atoms with E-state index in [1.807, 2.05) is 13.0 Å². The number of carbonyl (C=O) groups is 1. The molecule has 0 aliphatic heterocycles. The molecule has 0 saturated carbocycles. The first-order chi connectivity index (χ1) is 6.52. The molecule has 0 radical (unpaired) electrons. The molecule has 1 aromatic carbocycles. The van der Waals surface area contributed by atoms with E-state index in [0.717, 1.165) is 11.3 Å². The third-order valence-electron chi connectivity index (χ3n) is 1.84. The molecule has 74 valence electrons. The number of aromatic carboxylic acids is 1. The number of carboxylic acids is 1. The Labute approximate surface area is 83.1 Å². The van der Waals surface area contributed by atoms with Gasteiger partial charge in [0.1, 0.15) is 0 Å². The molecule has 0 fully saturated rings. The summed E-state index contributed by atoms with van der Waals surface area (Å²) in [7, 11) is 0. The number of benzene rings is 1. The van der Waals surface area contributed by atoms with Gasteiger partial charge in [0, 0.05) is 5.70 Å². The molecule has 2 N–H and O–H groups in total. The van der Waals surface area contributed by atoms with Crippen LogP contribution in [0.25, 0.3) is 0 Å². The maximum atomic E-state index is 10.9. The van der Waals surface area contributed by atoms with Crippen LogP contribution >= 0.6 is 0 Å². The van der Waals surface area contributed by atoms with Crippen molar-refractivity contribution in [3.05, 3.63) is 41.6 Å². The summed E-state index contributed by atoms with van der Waals surface area (Å²) in [6, 6.07) is 5.15. The van der Waals surface area contributed by atoms with E-state index in [0.29, 0.717) is 5.69 Å². The molecule has 0 heterocycles. The van der Waals surface area contributed by atoms with Gasteiger partial charge >= 0.3 is 5.97 Å². The summed E-state index contributed by atoms with van der Waals surface area (Å²) in [5, 5.41) is 11.9. The molecule has 0 aliphatic carbocycles. The first kappa shape index (κ1) is 10.3. The largest absolute Gasteiger partial charge is 0.478 e. The van der Waals surface area contributed by atoms with Gasteiger partial charge in [0.2, 0.25) is 0 Å². The quantitative estimate of drug-likeness (QED) is 0.772. The Balaban J connectivity index is 3.22. The molecule has 1 rings (SSSR count). The zero-order valence-corrected chi connectivity index (χ0v) is 8.29. The number of nitrogens with one attached hydrogen (secondary N) is 1. The van der Waals surface area contributed by atoms with Gasteiger partial charge in [-0.25, -0.2) is 4.79 Å². The van der Waals surface area contributed by atoms with Crippen LogP contribution in [0.15, 0.2) is 30.5 Å². The maximum Gasteiger partial charge on any atom is 0.337 e. The van der Waals surface area contributed by atoms with E-state index in [4.69, 9.17) is 5.11 Å². The van der Waals surface area contributed by atoms with Crippen LogP contribution in [0.5, 0.6) is 0 Å². The zero-order valence-electron chi connectivity index (χ0n) is 8.29. The van der Waals surface area contributed by atoms with E-state index in [1.165, 1.54) is 0 Å². The second-order valence-electron chi connectivity index (χ2n) is 3.21. The molecule has 0 bridgehead atoms. The van der Waals surface area contributed by atoms with Crippen LogP contribution in [0.3, 0.4) is 0 Å². The lowest BCUT2D eigenvalue weighted by Crippen LogP contribution is -2.05. The van der Waals surface area contributed by atoms with Crippen molar-refractivity contribution in [3.8, 4) is 0 Å². The summed E-state index contributed by atoms with van der Waals surface area (Å²) >= 11 is 0. The molecule has 14 heavy (non-hydrogen) atoms. The number of allylic oxidation sites excluding steroid dienone is 1. The zero-order chi connectivity index (χ0) is 10.7. The first-order valence-corrected chi connectivity index (χ1v) is 4.28. The average molecular weight is 191 g/mol. The number of aryl methyl sites for hydroxylation is 1. The van der Waals surface area contributed by atoms with Crippen molar-refractivity contribution in [2.75, 3.05) is 5.32 Å². The molecule has 1 aromatic rings. The fourth-order valence-corrected chi connectivity index (χ4v) is 1.23. The Hall–Kier alpha value is -1.77. The van der Waals surface area contributed by atoms with Crippen molar-refractivity contribution in [1.29, 1.82) is 0 Å². The van der Waals surface area contributed by atoms with Crippen molar-refractivity contribution >= 4 is 11.7 Å². The van der Waals surface area contributed by atoms with E-state index < -0.39 is 5.97 Å². The standard InChI is InChI=1S/C11H13NO2/c1-7(2)12-10-8(3)5-4-6-9(10)11(13)14/h4-6,12H,1H2,2-3H3,(H,13,14). The Kier molecular flexibility index (Phi) is 2.92. The van der Waals surface area contributed by atoms with Gasteiger partial charge in [-0.1, -0.05) is 18.7 Å². The summed E-state index contributed by atoms with van der Waals surface area (Å²) < 4.78 is 0. The Morgan fingerprint density at radius 2 is 2.14 bits per heavy atom. The lowest BCUT2D eigenvalue weighted by Gasteiger charge is -2.11. The van der Waals surface area contributed by atoms with Crippen molar-refractivity contribution in [2.24, 2.45) is 0 Å². The highest BCUT2D eigenvalue weighted by molar-refractivity contribution is 5.95. The summed E-state index contributed by atoms with van der Waals surface area (Å²) in [6.07, 6.45) is 0. The predicted molar refractivity (Wildman–Crippen MR) is 56.6 cm³/mol. The Morgan fingerprint density at radius 1 is 1.50 bits per heavy atom. The number of para-hydroxylation sites is 1. The number of rotatable bonds is 3. The molecule has 0 aromatic heterocycles. The van der Waals surface area contributed by atoms with Gasteiger partial charge in [-0.2, -0.15) is 0 Å².